The van der Waals surface area contributed by atoms with Crippen molar-refractivity contribution in [2.24, 2.45) is 5.92 Å². The lowest BCUT2D eigenvalue weighted by molar-refractivity contribution is -0.148. The van der Waals surface area contributed by atoms with Gasteiger partial charge < -0.3 is 24.9 Å². The number of ether oxygens (including phenoxy) is 1. The van der Waals surface area contributed by atoms with Crippen molar-refractivity contribution >= 4 is 53.9 Å². The molecule has 3 N–H and O–H groups in total. The lowest BCUT2D eigenvalue weighted by Crippen LogP contribution is -2.44. The number of carbonyl (C=O) groups is 3. The third-order valence-electron chi connectivity index (χ3n) is 9.82. The van der Waals surface area contributed by atoms with E-state index in [2.05, 4.69) is 5.32 Å². The number of benzene rings is 3. The molecule has 4 aliphatic rings. The third kappa shape index (κ3) is 3.75. The molecule has 2 saturated heterocycles. The van der Waals surface area contributed by atoms with Gasteiger partial charge in [0.05, 0.1) is 36.4 Å². The summed E-state index contributed by atoms with van der Waals surface area (Å²) in [4.78, 5) is 55.8. The topological polar surface area (TPSA) is 119 Å². The molecule has 4 heterocycles. The molecule has 5 atom stereocenters. The van der Waals surface area contributed by atoms with Crippen LogP contribution in [0.4, 0.5) is 17.1 Å². The number of likely N-dealkylation sites (tertiary alicyclic amines) is 1. The Labute approximate surface area is 245 Å². The van der Waals surface area contributed by atoms with Crippen molar-refractivity contribution in [3.8, 4) is 0 Å². The summed E-state index contributed by atoms with van der Waals surface area (Å²) >= 11 is 0. The first-order valence-corrected chi connectivity index (χ1v) is 17.7. The molecule has 2 fully saturated rings. The Bertz CT molecular complexity index is 1650. The van der Waals surface area contributed by atoms with Crippen LogP contribution < -0.4 is 10.2 Å². The van der Waals surface area contributed by atoms with Crippen molar-refractivity contribution in [3.05, 3.63) is 65.7 Å². The van der Waals surface area contributed by atoms with Crippen LogP contribution in [0.15, 0.2) is 54.6 Å². The third-order valence-corrected chi connectivity index (χ3v) is 12.3. The number of anilines is 3. The number of aliphatic hydroxyl groups is 1. The molecule has 0 aromatic heterocycles. The van der Waals surface area contributed by atoms with Gasteiger partial charge in [0.1, 0.15) is 0 Å². The van der Waals surface area contributed by atoms with Gasteiger partial charge in [-0.25, -0.2) is 0 Å². The summed E-state index contributed by atoms with van der Waals surface area (Å²) in [5.74, 6) is -1.03. The molecule has 0 aliphatic carbocycles. The highest BCUT2D eigenvalue weighted by Gasteiger charge is 2.65. The monoisotopic (exact) mass is 585 g/mol. The van der Waals surface area contributed by atoms with Crippen LogP contribution in [0, 0.1) is 5.92 Å². The second-order valence-electron chi connectivity index (χ2n) is 12.6. The van der Waals surface area contributed by atoms with Gasteiger partial charge in [0, 0.05) is 40.3 Å². The summed E-state index contributed by atoms with van der Waals surface area (Å²) < 4.78 is 6.71. The molecule has 0 saturated carbocycles. The largest absolute Gasteiger partial charge is 0.432 e. The van der Waals surface area contributed by atoms with Crippen LogP contribution in [-0.2, 0) is 19.9 Å². The van der Waals surface area contributed by atoms with E-state index >= 15 is 0 Å². The Morgan fingerprint density at radius 1 is 1.14 bits per heavy atom. The summed E-state index contributed by atoms with van der Waals surface area (Å²) in [5.41, 5.74) is 1.43. The van der Waals surface area contributed by atoms with E-state index in [-0.39, 0.29) is 36.8 Å². The van der Waals surface area contributed by atoms with E-state index in [1.54, 1.807) is 15.9 Å². The molecule has 0 unspecified atom stereocenters. The van der Waals surface area contributed by atoms with Crippen LogP contribution >= 0.6 is 0 Å². The molecule has 7 rings (SSSR count). The minimum atomic E-state index is -2.94. The van der Waals surface area contributed by atoms with Gasteiger partial charge in [-0.2, -0.15) is 0 Å². The van der Waals surface area contributed by atoms with Gasteiger partial charge in [-0.05, 0) is 61.7 Å². The van der Waals surface area contributed by atoms with Gasteiger partial charge in [-0.3, -0.25) is 19.3 Å². The molecule has 3 aromatic carbocycles. The number of carbonyl (C=O) groups excluding carboxylic acids is 3. The van der Waals surface area contributed by atoms with Crippen molar-refractivity contribution in [3.63, 3.8) is 0 Å². The lowest BCUT2D eigenvalue weighted by Gasteiger charge is -2.32. The van der Waals surface area contributed by atoms with Crippen LogP contribution in [0.3, 0.4) is 0 Å². The number of fused-ring (bicyclic) bond motifs is 2. The molecule has 9 nitrogen and oxygen atoms in total. The number of nitrogens with one attached hydrogen (secondary N) is 1. The molecule has 1 spiro atoms. The zero-order valence-corrected chi connectivity index (χ0v) is 25.0. The second kappa shape index (κ2) is 9.47. The average molecular weight is 586 g/mol. The molecule has 4 aliphatic heterocycles. The predicted molar refractivity (Wildman–Crippen MR) is 161 cm³/mol. The summed E-state index contributed by atoms with van der Waals surface area (Å²) in [6, 6.07) is 16.8. The number of hydrogen-bond acceptors (Lipinski definition) is 6. The van der Waals surface area contributed by atoms with Crippen molar-refractivity contribution in [1.29, 1.82) is 0 Å². The van der Waals surface area contributed by atoms with E-state index in [9.17, 15) is 24.3 Å². The Morgan fingerprint density at radius 2 is 1.90 bits per heavy atom. The van der Waals surface area contributed by atoms with E-state index in [0.717, 1.165) is 29.3 Å². The Hall–Kier alpha value is -3.57. The van der Waals surface area contributed by atoms with Crippen molar-refractivity contribution in [2.45, 2.75) is 62.6 Å². The Morgan fingerprint density at radius 3 is 2.64 bits per heavy atom. The van der Waals surface area contributed by atoms with Crippen LogP contribution in [0.5, 0.6) is 0 Å². The predicted octanol–water partition coefficient (Wildman–Crippen LogP) is 4.26. The summed E-state index contributed by atoms with van der Waals surface area (Å²) in [7, 11) is -2.94. The number of rotatable bonds is 5. The zero-order valence-electron chi connectivity index (χ0n) is 24.0. The summed E-state index contributed by atoms with van der Waals surface area (Å²) in [6.45, 7) is 6.06. The SMILES string of the molecule is C[C@@H]1[C@@H]([Si](C)(C)O)[C@H](CC(=O)N2CCC[C@H]2CO)O[C@@]12C(=O)Nc1ccc(N3C(=O)c4cccc5cccc3c45)cc12. The normalized spacial score (nSPS) is 28.3. The molecule has 218 valence electrons. The smallest absolute Gasteiger partial charge is 0.263 e. The lowest BCUT2D eigenvalue weighted by atomic mass is 9.82. The Balaban J connectivity index is 1.29. The van der Waals surface area contributed by atoms with E-state index in [4.69, 9.17) is 4.74 Å². The van der Waals surface area contributed by atoms with Gasteiger partial charge in [0.25, 0.3) is 11.8 Å². The maximum atomic E-state index is 13.8. The summed E-state index contributed by atoms with van der Waals surface area (Å²) in [5, 5.41) is 14.6. The molecule has 0 bridgehead atoms. The van der Waals surface area contributed by atoms with Gasteiger partial charge in [0.2, 0.25) is 5.91 Å². The van der Waals surface area contributed by atoms with Crippen LogP contribution in [-0.4, -0.2) is 66.1 Å². The van der Waals surface area contributed by atoms with Crippen LogP contribution in [0.1, 0.15) is 42.1 Å². The highest BCUT2D eigenvalue weighted by Crippen LogP contribution is 2.59. The van der Waals surface area contributed by atoms with Crippen LogP contribution in [0.2, 0.25) is 18.6 Å². The first-order chi connectivity index (χ1) is 20.1. The fourth-order valence-corrected chi connectivity index (χ4v) is 10.6. The maximum absolute atomic E-state index is 13.8. The number of nitrogens with zero attached hydrogens (tertiary/aromatic N) is 2. The van der Waals surface area contributed by atoms with E-state index in [1.807, 2.05) is 68.5 Å². The minimum Gasteiger partial charge on any atom is -0.432 e. The maximum Gasteiger partial charge on any atom is 0.263 e. The molecule has 10 heteroatoms. The standard InChI is InChI=1S/C32H35N3O6Si/c1-18-29(42(2,3)40)26(16-27(37)34-14-6-9-21(34)17-36)41-32(18)23-15-20(12-13-24(23)33-31(32)39)35-25-11-5-8-19-7-4-10-22(28(19)25)30(35)38/h4-5,7-8,10-13,15,18,21,26,29,36,40H,6,9,14,16-17H2,1-3H3,(H,33,39)/t18-,21+,26+,29-,32+/m1/s1. The van der Waals surface area contributed by atoms with Gasteiger partial charge >= 0.3 is 0 Å². The van der Waals surface area contributed by atoms with E-state index in [1.165, 1.54) is 0 Å². The van der Waals surface area contributed by atoms with Gasteiger partial charge in [-0.1, -0.05) is 31.2 Å². The zero-order chi connectivity index (χ0) is 29.6. The molecule has 3 aromatic rings. The van der Waals surface area contributed by atoms with Crippen molar-refractivity contribution < 1.29 is 29.0 Å². The molecule has 42 heavy (non-hydrogen) atoms. The van der Waals surface area contributed by atoms with Crippen LogP contribution in [0.25, 0.3) is 10.8 Å². The molecular formula is C32H35N3O6Si. The Kier molecular flexibility index (Phi) is 6.15. The highest BCUT2D eigenvalue weighted by atomic mass is 28.4. The van der Waals surface area contributed by atoms with Gasteiger partial charge in [-0.15, -0.1) is 0 Å². The fraction of sp³-hybridized carbons (Fsp3) is 0.406. The minimum absolute atomic E-state index is 0.0223. The molecular weight excluding hydrogens is 550 g/mol. The number of amides is 3. The average Bonchev–Trinajstić information content (AvgIpc) is 3.69. The van der Waals surface area contributed by atoms with Gasteiger partial charge in [0.15, 0.2) is 13.9 Å². The highest BCUT2D eigenvalue weighted by molar-refractivity contribution is 6.71. The first kappa shape index (κ1) is 27.3. The second-order valence-corrected chi connectivity index (χ2v) is 16.6. The first-order valence-electron chi connectivity index (χ1n) is 14.7. The van der Waals surface area contributed by atoms with Crippen molar-refractivity contribution in [2.75, 3.05) is 23.4 Å². The quantitative estimate of drug-likeness (QED) is 0.385. The molecule has 3 amide bonds. The molecule has 0 radical (unpaired) electrons. The number of aliphatic hydroxyl groups excluding tert-OH is 1. The fourth-order valence-electron chi connectivity index (χ4n) is 8.04. The van der Waals surface area contributed by atoms with Crippen molar-refractivity contribution in [1.82, 2.24) is 4.90 Å². The van der Waals surface area contributed by atoms with E-state index in [0.29, 0.717) is 29.0 Å². The summed E-state index contributed by atoms with van der Waals surface area (Å²) in [6.07, 6.45) is 0.932. The van der Waals surface area contributed by atoms with E-state index < -0.39 is 31.5 Å². The number of hydrogen-bond donors (Lipinski definition) is 3.